The summed E-state index contributed by atoms with van der Waals surface area (Å²) in [5.74, 6) is 0. The van der Waals surface area contributed by atoms with Gasteiger partial charge in [0.05, 0.1) is 22.2 Å². The van der Waals surface area contributed by atoms with Crippen molar-refractivity contribution in [3.8, 4) is 11.4 Å². The molecular weight excluding hydrogens is 557 g/mol. The average Bonchev–Trinajstić information content (AvgIpc) is 3.65. The number of hydrogen-bond acceptors (Lipinski definition) is 1. The molecule has 3 nitrogen and oxygen atoms in total. The van der Waals surface area contributed by atoms with Gasteiger partial charge >= 0.3 is 0 Å². The van der Waals surface area contributed by atoms with Gasteiger partial charge in [-0.05, 0) is 64.9 Å². The van der Waals surface area contributed by atoms with Gasteiger partial charge in [0.1, 0.15) is 0 Å². The molecule has 2 aliphatic heterocycles. The van der Waals surface area contributed by atoms with Crippen LogP contribution in [0.3, 0.4) is 0 Å². The van der Waals surface area contributed by atoms with E-state index in [0.29, 0.717) is 0 Å². The SMILES string of the molecule is c1ccc(N(c2ccccc2)c2cc3c4c5c2c2ccccc2n5-c2ccccc2B4c2cccc4c5ccccc5n-3c24)cc1. The molecule has 2 aliphatic rings. The molecule has 2 aromatic heterocycles. The van der Waals surface area contributed by atoms with Gasteiger partial charge in [-0.1, -0.05) is 109 Å². The summed E-state index contributed by atoms with van der Waals surface area (Å²) in [5.41, 5.74) is 15.2. The minimum absolute atomic E-state index is 0.127. The van der Waals surface area contributed by atoms with E-state index in [1.54, 1.807) is 0 Å². The van der Waals surface area contributed by atoms with Crippen LogP contribution in [0.4, 0.5) is 17.1 Å². The monoisotopic (exact) mass is 583 g/mol. The van der Waals surface area contributed by atoms with Gasteiger partial charge in [-0.25, -0.2) is 0 Å². The van der Waals surface area contributed by atoms with Crippen LogP contribution in [-0.4, -0.2) is 15.8 Å². The maximum atomic E-state index is 2.55. The molecule has 0 radical (unpaired) electrons. The first-order chi connectivity index (χ1) is 22.9. The fraction of sp³-hybridized carbons (Fsp3) is 0. The Hall–Kier alpha value is -6.00. The molecule has 4 heteroatoms. The summed E-state index contributed by atoms with van der Waals surface area (Å²) in [4.78, 5) is 2.45. The van der Waals surface area contributed by atoms with Gasteiger partial charge in [-0.15, -0.1) is 0 Å². The van der Waals surface area contributed by atoms with Gasteiger partial charge < -0.3 is 14.0 Å². The van der Waals surface area contributed by atoms with Crippen molar-refractivity contribution in [2.45, 2.75) is 0 Å². The molecule has 0 saturated heterocycles. The normalized spacial score (nSPS) is 12.7. The second-order valence-corrected chi connectivity index (χ2v) is 12.5. The van der Waals surface area contributed by atoms with Crippen LogP contribution in [0, 0.1) is 0 Å². The number of rotatable bonds is 3. The van der Waals surface area contributed by atoms with Gasteiger partial charge in [0.25, 0.3) is 6.71 Å². The Kier molecular flexibility index (Phi) is 4.66. The Morgan fingerprint density at radius 1 is 0.435 bits per heavy atom. The summed E-state index contributed by atoms with van der Waals surface area (Å²) < 4.78 is 5.10. The summed E-state index contributed by atoms with van der Waals surface area (Å²) in [6.07, 6.45) is 0. The summed E-state index contributed by atoms with van der Waals surface area (Å²) in [7, 11) is 0. The summed E-state index contributed by atoms with van der Waals surface area (Å²) in [5, 5.41) is 5.16. The summed E-state index contributed by atoms with van der Waals surface area (Å²) in [6, 6.07) is 58.0. The maximum Gasteiger partial charge on any atom is 0.252 e. The summed E-state index contributed by atoms with van der Waals surface area (Å²) in [6.45, 7) is 0.127. The first kappa shape index (κ1) is 24.3. The zero-order chi connectivity index (χ0) is 29.9. The third-order valence-corrected chi connectivity index (χ3v) is 10.3. The lowest BCUT2D eigenvalue weighted by atomic mass is 9.34. The van der Waals surface area contributed by atoms with E-state index in [-0.39, 0.29) is 6.71 Å². The molecule has 11 rings (SSSR count). The fourth-order valence-corrected chi connectivity index (χ4v) is 8.57. The lowest BCUT2D eigenvalue weighted by Crippen LogP contribution is -2.59. The average molecular weight is 584 g/mol. The topological polar surface area (TPSA) is 13.1 Å². The molecule has 0 N–H and O–H groups in total. The molecule has 0 atom stereocenters. The highest BCUT2D eigenvalue weighted by atomic mass is 15.2. The van der Waals surface area contributed by atoms with E-state index < -0.39 is 0 Å². The smallest absolute Gasteiger partial charge is 0.252 e. The van der Waals surface area contributed by atoms with E-state index in [2.05, 4.69) is 172 Å². The number of fused-ring (bicyclic) bond motifs is 11. The van der Waals surface area contributed by atoms with Crippen molar-refractivity contribution < 1.29 is 0 Å². The van der Waals surface area contributed by atoms with Crippen LogP contribution in [-0.2, 0) is 0 Å². The molecule has 9 aromatic rings. The molecule has 212 valence electrons. The van der Waals surface area contributed by atoms with Crippen LogP contribution in [0.2, 0.25) is 0 Å². The van der Waals surface area contributed by atoms with Gasteiger partial charge in [0, 0.05) is 49.8 Å². The molecular formula is C42H26BN3. The van der Waals surface area contributed by atoms with E-state index >= 15 is 0 Å². The second-order valence-electron chi connectivity index (χ2n) is 12.5. The molecule has 0 unspecified atom stereocenters. The van der Waals surface area contributed by atoms with Crippen LogP contribution in [0.15, 0.2) is 158 Å². The molecule has 0 fully saturated rings. The van der Waals surface area contributed by atoms with Crippen LogP contribution in [0.1, 0.15) is 0 Å². The van der Waals surface area contributed by atoms with Crippen molar-refractivity contribution in [1.82, 2.24) is 9.13 Å². The number of nitrogens with zero attached hydrogens (tertiary/aromatic N) is 3. The third kappa shape index (κ3) is 2.94. The molecule has 0 bridgehead atoms. The van der Waals surface area contributed by atoms with Crippen molar-refractivity contribution in [1.29, 1.82) is 0 Å². The second kappa shape index (κ2) is 8.80. The van der Waals surface area contributed by atoms with Crippen LogP contribution >= 0.6 is 0 Å². The van der Waals surface area contributed by atoms with Gasteiger partial charge in [0.2, 0.25) is 0 Å². The van der Waals surface area contributed by atoms with E-state index in [9.17, 15) is 0 Å². The quantitative estimate of drug-likeness (QED) is 0.190. The minimum atomic E-state index is 0.127. The first-order valence-corrected chi connectivity index (χ1v) is 16.0. The Balaban J connectivity index is 1.42. The Morgan fingerprint density at radius 2 is 1.00 bits per heavy atom. The van der Waals surface area contributed by atoms with E-state index in [0.717, 1.165) is 11.4 Å². The van der Waals surface area contributed by atoms with E-state index in [4.69, 9.17) is 0 Å². The largest absolute Gasteiger partial charge is 0.310 e. The van der Waals surface area contributed by atoms with E-state index in [1.165, 1.54) is 77.1 Å². The predicted octanol–water partition coefficient (Wildman–Crippen LogP) is 8.49. The molecule has 0 aliphatic carbocycles. The van der Waals surface area contributed by atoms with Crippen molar-refractivity contribution in [2.75, 3.05) is 4.90 Å². The lowest BCUT2D eigenvalue weighted by Gasteiger charge is -2.35. The number of aromatic nitrogens is 2. The zero-order valence-electron chi connectivity index (χ0n) is 24.9. The van der Waals surface area contributed by atoms with Gasteiger partial charge in [-0.2, -0.15) is 0 Å². The van der Waals surface area contributed by atoms with Crippen LogP contribution in [0.5, 0.6) is 0 Å². The highest BCUT2D eigenvalue weighted by Crippen LogP contribution is 2.47. The standard InChI is InChI=1S/C42H26BN3/c1-3-14-27(15-4-1)44(28-16-5-2-6-17-28)37-26-38-40-42-39(37)31-19-8-11-24-35(31)45(42)36-25-12-9-21-32(36)43(40)33-22-13-20-30-29-18-7-10-23-34(29)46(38)41(30)33/h1-26H. The van der Waals surface area contributed by atoms with Gasteiger partial charge in [-0.3, -0.25) is 0 Å². The van der Waals surface area contributed by atoms with Gasteiger partial charge in [0.15, 0.2) is 0 Å². The Bertz CT molecular complexity index is 2660. The van der Waals surface area contributed by atoms with Crippen molar-refractivity contribution >= 4 is 83.8 Å². The molecule has 0 amide bonds. The number of hydrogen-bond donors (Lipinski definition) is 0. The van der Waals surface area contributed by atoms with E-state index in [1.807, 2.05) is 0 Å². The molecule has 4 heterocycles. The lowest BCUT2D eigenvalue weighted by molar-refractivity contribution is 1.15. The fourth-order valence-electron chi connectivity index (χ4n) is 8.57. The number of anilines is 3. The van der Waals surface area contributed by atoms with Crippen LogP contribution < -0.4 is 21.3 Å². The third-order valence-electron chi connectivity index (χ3n) is 10.3. The van der Waals surface area contributed by atoms with Crippen molar-refractivity contribution in [2.24, 2.45) is 0 Å². The minimum Gasteiger partial charge on any atom is -0.310 e. The number of para-hydroxylation sites is 6. The molecule has 46 heavy (non-hydrogen) atoms. The molecule has 0 spiro atoms. The Morgan fingerprint density at radius 3 is 1.76 bits per heavy atom. The van der Waals surface area contributed by atoms with Crippen molar-refractivity contribution in [3.63, 3.8) is 0 Å². The molecule has 0 saturated carbocycles. The molecule has 7 aromatic carbocycles. The predicted molar refractivity (Wildman–Crippen MR) is 194 cm³/mol. The van der Waals surface area contributed by atoms with Crippen LogP contribution in [0.25, 0.3) is 55.0 Å². The first-order valence-electron chi connectivity index (χ1n) is 16.0. The Labute approximate surface area is 266 Å². The summed E-state index contributed by atoms with van der Waals surface area (Å²) >= 11 is 0. The highest BCUT2D eigenvalue weighted by molar-refractivity contribution is 7.00. The highest BCUT2D eigenvalue weighted by Gasteiger charge is 2.41. The zero-order valence-corrected chi connectivity index (χ0v) is 24.9. The number of benzene rings is 7. The van der Waals surface area contributed by atoms with Crippen molar-refractivity contribution in [3.05, 3.63) is 158 Å². The maximum absolute atomic E-state index is 2.55.